The van der Waals surface area contributed by atoms with E-state index in [1.54, 1.807) is 16.7 Å². The normalized spacial score (nSPS) is 15.6. The Kier molecular flexibility index (Phi) is 6.30. The number of nitrogens with one attached hydrogen (secondary N) is 1. The molecule has 0 aromatic carbocycles. The molecule has 0 atom stereocenters. The molecule has 1 aliphatic heterocycles. The summed E-state index contributed by atoms with van der Waals surface area (Å²) in [6.45, 7) is 3.11. The molecule has 0 spiro atoms. The molecule has 92 valence electrons. The third-order valence-electron chi connectivity index (χ3n) is 2.51. The van der Waals surface area contributed by atoms with E-state index in [4.69, 9.17) is 0 Å². The van der Waals surface area contributed by atoms with Gasteiger partial charge in [-0.1, -0.05) is 26.2 Å². The first-order valence-corrected chi connectivity index (χ1v) is 7.01. The van der Waals surface area contributed by atoms with Crippen LogP contribution in [0, 0.1) is 0 Å². The first kappa shape index (κ1) is 13.4. The van der Waals surface area contributed by atoms with Crippen molar-refractivity contribution in [1.29, 1.82) is 0 Å². The van der Waals surface area contributed by atoms with E-state index in [1.807, 2.05) is 0 Å². The second kappa shape index (κ2) is 7.54. The molecule has 0 saturated carbocycles. The number of unbranched alkanes of at least 4 members (excludes halogenated alkanes) is 3. The molecular weight excluding hydrogens is 224 g/mol. The summed E-state index contributed by atoms with van der Waals surface area (Å²) in [5, 5.41) is 2.85. The maximum absolute atomic E-state index is 11.5. The van der Waals surface area contributed by atoms with Crippen molar-refractivity contribution in [3.63, 3.8) is 0 Å². The Hall–Kier alpha value is -0.710. The first-order chi connectivity index (χ1) is 7.74. The largest absolute Gasteiger partial charge is 0.355 e. The fourth-order valence-electron chi connectivity index (χ4n) is 1.55. The van der Waals surface area contributed by atoms with Crippen LogP contribution in [0.4, 0.5) is 0 Å². The molecule has 0 radical (unpaired) electrons. The molecule has 0 unspecified atom stereocenters. The van der Waals surface area contributed by atoms with Crippen LogP contribution in [-0.2, 0) is 9.59 Å². The Labute approximate surface area is 101 Å². The summed E-state index contributed by atoms with van der Waals surface area (Å²) in [6, 6.07) is 0. The topological polar surface area (TPSA) is 49.4 Å². The Morgan fingerprint density at radius 1 is 1.44 bits per heavy atom. The van der Waals surface area contributed by atoms with Crippen LogP contribution in [-0.4, -0.2) is 41.4 Å². The van der Waals surface area contributed by atoms with Crippen molar-refractivity contribution >= 4 is 23.6 Å². The summed E-state index contributed by atoms with van der Waals surface area (Å²) >= 11 is 1.56. The highest BCUT2D eigenvalue weighted by atomic mass is 32.2. The van der Waals surface area contributed by atoms with Gasteiger partial charge in [-0.25, -0.2) is 0 Å². The van der Waals surface area contributed by atoms with E-state index < -0.39 is 0 Å². The molecule has 0 aromatic rings. The van der Waals surface area contributed by atoms with Gasteiger partial charge >= 0.3 is 0 Å². The summed E-state index contributed by atoms with van der Waals surface area (Å²) < 4.78 is 0. The van der Waals surface area contributed by atoms with Gasteiger partial charge in [0.1, 0.15) is 6.54 Å². The molecule has 16 heavy (non-hydrogen) atoms. The number of hydrogen-bond donors (Lipinski definition) is 1. The molecular formula is C11H20N2O2S. The van der Waals surface area contributed by atoms with E-state index in [0.717, 1.165) is 19.4 Å². The van der Waals surface area contributed by atoms with Crippen molar-refractivity contribution in [3.8, 4) is 0 Å². The SMILES string of the molecule is CCCCCCNC(=O)CN1CSCC1=O. The fraction of sp³-hybridized carbons (Fsp3) is 0.818. The molecule has 0 bridgehead atoms. The quantitative estimate of drug-likeness (QED) is 0.685. The zero-order chi connectivity index (χ0) is 11.8. The van der Waals surface area contributed by atoms with E-state index in [1.165, 1.54) is 12.8 Å². The highest BCUT2D eigenvalue weighted by Crippen LogP contribution is 2.13. The lowest BCUT2D eigenvalue weighted by atomic mass is 10.2. The molecule has 2 amide bonds. The molecule has 5 heteroatoms. The van der Waals surface area contributed by atoms with E-state index in [0.29, 0.717) is 11.6 Å². The van der Waals surface area contributed by atoms with Gasteiger partial charge in [-0.05, 0) is 6.42 Å². The smallest absolute Gasteiger partial charge is 0.239 e. The third-order valence-corrected chi connectivity index (χ3v) is 3.46. The van der Waals surface area contributed by atoms with Crippen molar-refractivity contribution in [3.05, 3.63) is 0 Å². The van der Waals surface area contributed by atoms with Crippen molar-refractivity contribution in [2.45, 2.75) is 32.6 Å². The maximum Gasteiger partial charge on any atom is 0.239 e. The van der Waals surface area contributed by atoms with Gasteiger partial charge < -0.3 is 10.2 Å². The van der Waals surface area contributed by atoms with Crippen molar-refractivity contribution in [2.24, 2.45) is 0 Å². The maximum atomic E-state index is 11.5. The number of thioether (sulfide) groups is 1. The lowest BCUT2D eigenvalue weighted by Gasteiger charge is -2.13. The molecule has 1 heterocycles. The van der Waals surface area contributed by atoms with Crippen LogP contribution in [0.5, 0.6) is 0 Å². The minimum atomic E-state index is -0.0349. The Bertz CT molecular complexity index is 246. The summed E-state index contributed by atoms with van der Waals surface area (Å²) in [7, 11) is 0. The van der Waals surface area contributed by atoms with Gasteiger partial charge in [0.05, 0.1) is 11.6 Å². The molecule has 1 saturated heterocycles. The Morgan fingerprint density at radius 3 is 2.88 bits per heavy atom. The van der Waals surface area contributed by atoms with Gasteiger partial charge in [-0.15, -0.1) is 11.8 Å². The van der Waals surface area contributed by atoms with E-state index >= 15 is 0 Å². The number of carbonyl (C=O) groups is 2. The molecule has 1 aliphatic rings. The number of amides is 2. The Balaban J connectivity index is 2.04. The van der Waals surface area contributed by atoms with Crippen LogP contribution in [0.15, 0.2) is 0 Å². The Morgan fingerprint density at radius 2 is 2.25 bits per heavy atom. The second-order valence-electron chi connectivity index (χ2n) is 3.98. The van der Waals surface area contributed by atoms with Crippen LogP contribution in [0.25, 0.3) is 0 Å². The number of carbonyl (C=O) groups excluding carboxylic acids is 2. The van der Waals surface area contributed by atoms with E-state index in [2.05, 4.69) is 12.2 Å². The summed E-state index contributed by atoms with van der Waals surface area (Å²) in [4.78, 5) is 24.3. The lowest BCUT2D eigenvalue weighted by molar-refractivity contribution is -0.132. The van der Waals surface area contributed by atoms with Crippen LogP contribution < -0.4 is 5.32 Å². The first-order valence-electron chi connectivity index (χ1n) is 5.86. The highest BCUT2D eigenvalue weighted by molar-refractivity contribution is 8.00. The van der Waals surface area contributed by atoms with Crippen LogP contribution in [0.1, 0.15) is 32.6 Å². The predicted octanol–water partition coefficient (Wildman–Crippen LogP) is 1.22. The van der Waals surface area contributed by atoms with Gasteiger partial charge in [0.15, 0.2) is 0 Å². The minimum Gasteiger partial charge on any atom is -0.355 e. The average molecular weight is 244 g/mol. The van der Waals surface area contributed by atoms with E-state index in [-0.39, 0.29) is 18.4 Å². The molecule has 1 rings (SSSR count). The second-order valence-corrected chi connectivity index (χ2v) is 4.93. The van der Waals surface area contributed by atoms with Gasteiger partial charge in [-0.2, -0.15) is 0 Å². The number of hydrogen-bond acceptors (Lipinski definition) is 3. The minimum absolute atomic E-state index is 0.0349. The predicted molar refractivity (Wildman–Crippen MR) is 66.2 cm³/mol. The molecule has 0 aromatic heterocycles. The molecule has 0 aliphatic carbocycles. The standard InChI is InChI=1S/C11H20N2O2S/c1-2-3-4-5-6-12-10(14)7-13-9-16-8-11(13)15/h2-9H2,1H3,(H,12,14). The summed E-state index contributed by atoms with van der Waals surface area (Å²) in [6.07, 6.45) is 4.61. The molecule has 4 nitrogen and oxygen atoms in total. The third kappa shape index (κ3) is 4.88. The summed E-state index contributed by atoms with van der Waals surface area (Å²) in [5.74, 6) is 1.21. The molecule has 1 N–H and O–H groups in total. The number of rotatable bonds is 7. The van der Waals surface area contributed by atoms with Crippen LogP contribution >= 0.6 is 11.8 Å². The van der Waals surface area contributed by atoms with Crippen molar-refractivity contribution in [1.82, 2.24) is 10.2 Å². The van der Waals surface area contributed by atoms with Crippen LogP contribution in [0.2, 0.25) is 0 Å². The zero-order valence-corrected chi connectivity index (χ0v) is 10.6. The lowest BCUT2D eigenvalue weighted by Crippen LogP contribution is -2.38. The van der Waals surface area contributed by atoms with Gasteiger partial charge in [0.25, 0.3) is 0 Å². The van der Waals surface area contributed by atoms with E-state index in [9.17, 15) is 9.59 Å². The van der Waals surface area contributed by atoms with Crippen LogP contribution in [0.3, 0.4) is 0 Å². The van der Waals surface area contributed by atoms with Gasteiger partial charge in [0, 0.05) is 6.54 Å². The van der Waals surface area contributed by atoms with Crippen molar-refractivity contribution < 1.29 is 9.59 Å². The van der Waals surface area contributed by atoms with Crippen molar-refractivity contribution in [2.75, 3.05) is 24.7 Å². The van der Waals surface area contributed by atoms with Gasteiger partial charge in [0.2, 0.25) is 11.8 Å². The molecule has 1 fully saturated rings. The average Bonchev–Trinajstić information content (AvgIpc) is 2.64. The van der Waals surface area contributed by atoms with Gasteiger partial charge in [-0.3, -0.25) is 9.59 Å². The fourth-order valence-corrected chi connectivity index (χ4v) is 2.45. The summed E-state index contributed by atoms with van der Waals surface area (Å²) in [5.41, 5.74) is 0. The highest BCUT2D eigenvalue weighted by Gasteiger charge is 2.22. The monoisotopic (exact) mass is 244 g/mol. The zero-order valence-electron chi connectivity index (χ0n) is 9.83. The number of nitrogens with zero attached hydrogens (tertiary/aromatic N) is 1.